The van der Waals surface area contributed by atoms with E-state index in [1.807, 2.05) is 12.1 Å². The Bertz CT molecular complexity index is 394. The Morgan fingerprint density at radius 2 is 2.47 bits per heavy atom. The standard InChI is InChI=1S/C12H16BrNO2S/c1-2-9-8(5-6-16-9)7-14-12(15)10-3-4-11(13)17-10/h3-4,8-9H,2,5-7H2,1H3,(H,14,15). The molecule has 2 unspecified atom stereocenters. The fraction of sp³-hybridized carbons (Fsp3) is 0.583. The number of halogens is 1. The Morgan fingerprint density at radius 3 is 3.12 bits per heavy atom. The largest absolute Gasteiger partial charge is 0.378 e. The zero-order valence-corrected chi connectivity index (χ0v) is 12.1. The highest BCUT2D eigenvalue weighted by Crippen LogP contribution is 2.24. The lowest BCUT2D eigenvalue weighted by Crippen LogP contribution is -2.32. The number of hydrogen-bond acceptors (Lipinski definition) is 3. The molecule has 1 aliphatic heterocycles. The van der Waals surface area contributed by atoms with Gasteiger partial charge in [-0.05, 0) is 40.9 Å². The van der Waals surface area contributed by atoms with Crippen LogP contribution in [-0.2, 0) is 4.74 Å². The molecule has 0 bridgehead atoms. The lowest BCUT2D eigenvalue weighted by Gasteiger charge is -2.16. The van der Waals surface area contributed by atoms with E-state index in [1.165, 1.54) is 11.3 Å². The highest BCUT2D eigenvalue weighted by Gasteiger charge is 2.26. The van der Waals surface area contributed by atoms with Crippen LogP contribution in [0.1, 0.15) is 29.4 Å². The molecule has 17 heavy (non-hydrogen) atoms. The van der Waals surface area contributed by atoms with Crippen molar-refractivity contribution in [1.82, 2.24) is 5.32 Å². The van der Waals surface area contributed by atoms with Crippen LogP contribution in [0.5, 0.6) is 0 Å². The quantitative estimate of drug-likeness (QED) is 0.926. The molecular formula is C12H16BrNO2S. The van der Waals surface area contributed by atoms with Gasteiger partial charge in [-0.3, -0.25) is 4.79 Å². The van der Waals surface area contributed by atoms with E-state index in [-0.39, 0.29) is 5.91 Å². The number of ether oxygens (including phenoxy) is 1. The minimum absolute atomic E-state index is 0.0162. The van der Waals surface area contributed by atoms with E-state index in [2.05, 4.69) is 28.2 Å². The van der Waals surface area contributed by atoms with Gasteiger partial charge in [0.2, 0.25) is 0 Å². The normalized spacial score (nSPS) is 23.9. The van der Waals surface area contributed by atoms with Gasteiger partial charge in [0.1, 0.15) is 0 Å². The smallest absolute Gasteiger partial charge is 0.261 e. The first kappa shape index (κ1) is 13.1. The monoisotopic (exact) mass is 317 g/mol. The SMILES string of the molecule is CCC1OCCC1CNC(=O)c1ccc(Br)s1. The van der Waals surface area contributed by atoms with E-state index in [4.69, 9.17) is 4.74 Å². The van der Waals surface area contributed by atoms with Crippen LogP contribution in [0.25, 0.3) is 0 Å². The highest BCUT2D eigenvalue weighted by molar-refractivity contribution is 9.11. The van der Waals surface area contributed by atoms with E-state index in [9.17, 15) is 4.79 Å². The summed E-state index contributed by atoms with van der Waals surface area (Å²) in [5.74, 6) is 0.481. The fourth-order valence-corrected chi connectivity index (χ4v) is 3.43. The number of hydrogen-bond donors (Lipinski definition) is 1. The molecule has 0 saturated carbocycles. The first-order valence-corrected chi connectivity index (χ1v) is 7.46. The maximum absolute atomic E-state index is 11.8. The predicted molar refractivity (Wildman–Crippen MR) is 72.5 cm³/mol. The molecule has 1 aromatic heterocycles. The van der Waals surface area contributed by atoms with Crippen molar-refractivity contribution in [3.05, 3.63) is 20.8 Å². The van der Waals surface area contributed by atoms with Crippen LogP contribution in [0, 0.1) is 5.92 Å². The number of carbonyl (C=O) groups is 1. The second-order valence-corrected chi connectivity index (χ2v) is 6.64. The molecule has 0 spiro atoms. The Hall–Kier alpha value is -0.390. The second-order valence-electron chi connectivity index (χ2n) is 4.18. The van der Waals surface area contributed by atoms with Gasteiger partial charge in [0, 0.05) is 19.1 Å². The van der Waals surface area contributed by atoms with Gasteiger partial charge in [-0.2, -0.15) is 0 Å². The predicted octanol–water partition coefficient (Wildman–Crippen LogP) is 3.06. The topological polar surface area (TPSA) is 38.3 Å². The van der Waals surface area contributed by atoms with Crippen LogP contribution < -0.4 is 5.32 Å². The van der Waals surface area contributed by atoms with Crippen molar-refractivity contribution >= 4 is 33.2 Å². The summed E-state index contributed by atoms with van der Waals surface area (Å²) in [5, 5.41) is 2.99. The van der Waals surface area contributed by atoms with Crippen molar-refractivity contribution in [2.45, 2.75) is 25.9 Å². The van der Waals surface area contributed by atoms with Crippen molar-refractivity contribution in [2.75, 3.05) is 13.2 Å². The van der Waals surface area contributed by atoms with E-state index < -0.39 is 0 Å². The number of amides is 1. The third-order valence-corrected chi connectivity index (χ3v) is 4.69. The second kappa shape index (κ2) is 5.98. The van der Waals surface area contributed by atoms with Gasteiger partial charge in [0.15, 0.2) is 0 Å². The zero-order valence-electron chi connectivity index (χ0n) is 9.74. The summed E-state index contributed by atoms with van der Waals surface area (Å²) >= 11 is 4.82. The lowest BCUT2D eigenvalue weighted by atomic mass is 10.00. The molecule has 1 amide bonds. The first-order chi connectivity index (χ1) is 8.20. The van der Waals surface area contributed by atoms with E-state index >= 15 is 0 Å². The average Bonchev–Trinajstić information content (AvgIpc) is 2.94. The molecule has 2 heterocycles. The molecule has 2 rings (SSSR count). The minimum atomic E-state index is 0.0162. The van der Waals surface area contributed by atoms with Gasteiger partial charge in [0.25, 0.3) is 5.91 Å². The van der Waals surface area contributed by atoms with Gasteiger partial charge in [-0.25, -0.2) is 0 Å². The fourth-order valence-electron chi connectivity index (χ4n) is 2.12. The molecule has 1 aromatic rings. The highest BCUT2D eigenvalue weighted by atomic mass is 79.9. The maximum atomic E-state index is 11.8. The van der Waals surface area contributed by atoms with Crippen molar-refractivity contribution in [3.8, 4) is 0 Å². The molecule has 94 valence electrons. The third kappa shape index (κ3) is 3.30. The first-order valence-electron chi connectivity index (χ1n) is 5.86. The molecule has 1 N–H and O–H groups in total. The summed E-state index contributed by atoms with van der Waals surface area (Å²) in [6.07, 6.45) is 2.38. The lowest BCUT2D eigenvalue weighted by molar-refractivity contribution is 0.0828. The van der Waals surface area contributed by atoms with E-state index in [0.29, 0.717) is 18.6 Å². The van der Waals surface area contributed by atoms with Crippen molar-refractivity contribution < 1.29 is 9.53 Å². The van der Waals surface area contributed by atoms with Crippen LogP contribution in [0.2, 0.25) is 0 Å². The molecule has 0 aromatic carbocycles. The van der Waals surface area contributed by atoms with Crippen LogP contribution >= 0.6 is 27.3 Å². The van der Waals surface area contributed by atoms with E-state index in [0.717, 1.165) is 28.1 Å². The molecular weight excluding hydrogens is 302 g/mol. The summed E-state index contributed by atoms with van der Waals surface area (Å²) in [7, 11) is 0. The van der Waals surface area contributed by atoms with Crippen LogP contribution in [-0.4, -0.2) is 25.2 Å². The van der Waals surface area contributed by atoms with Gasteiger partial charge in [0.05, 0.1) is 14.8 Å². The Kier molecular flexibility index (Phi) is 4.59. The van der Waals surface area contributed by atoms with Crippen molar-refractivity contribution in [3.63, 3.8) is 0 Å². The van der Waals surface area contributed by atoms with Crippen molar-refractivity contribution in [2.24, 2.45) is 5.92 Å². The Labute approximate surface area is 114 Å². The van der Waals surface area contributed by atoms with Crippen LogP contribution in [0.3, 0.4) is 0 Å². The van der Waals surface area contributed by atoms with Gasteiger partial charge >= 0.3 is 0 Å². The Morgan fingerprint density at radius 1 is 1.65 bits per heavy atom. The molecule has 5 heteroatoms. The van der Waals surface area contributed by atoms with Crippen molar-refractivity contribution in [1.29, 1.82) is 0 Å². The number of thiophene rings is 1. The zero-order chi connectivity index (χ0) is 12.3. The molecule has 0 aliphatic carbocycles. The molecule has 1 saturated heterocycles. The summed E-state index contributed by atoms with van der Waals surface area (Å²) in [4.78, 5) is 12.6. The molecule has 1 aliphatic rings. The Balaban J connectivity index is 1.84. The third-order valence-electron chi connectivity index (χ3n) is 3.07. The summed E-state index contributed by atoms with van der Waals surface area (Å²) < 4.78 is 6.59. The molecule has 2 atom stereocenters. The van der Waals surface area contributed by atoms with E-state index in [1.54, 1.807) is 0 Å². The molecule has 1 fully saturated rings. The van der Waals surface area contributed by atoms with Gasteiger partial charge in [-0.1, -0.05) is 6.92 Å². The summed E-state index contributed by atoms with van der Waals surface area (Å²) in [6.45, 7) is 3.66. The number of nitrogens with one attached hydrogen (secondary N) is 1. The van der Waals surface area contributed by atoms with Crippen LogP contribution in [0.15, 0.2) is 15.9 Å². The minimum Gasteiger partial charge on any atom is -0.378 e. The van der Waals surface area contributed by atoms with Crippen LogP contribution in [0.4, 0.5) is 0 Å². The molecule has 0 radical (unpaired) electrons. The summed E-state index contributed by atoms with van der Waals surface area (Å²) in [6, 6.07) is 3.74. The average molecular weight is 318 g/mol. The number of rotatable bonds is 4. The summed E-state index contributed by atoms with van der Waals surface area (Å²) in [5.41, 5.74) is 0. The number of carbonyl (C=O) groups excluding carboxylic acids is 1. The maximum Gasteiger partial charge on any atom is 0.261 e. The van der Waals surface area contributed by atoms with Gasteiger partial charge < -0.3 is 10.1 Å². The molecule has 3 nitrogen and oxygen atoms in total. The van der Waals surface area contributed by atoms with Gasteiger partial charge in [-0.15, -0.1) is 11.3 Å².